The zero-order valence-electron chi connectivity index (χ0n) is 7.70. The lowest BCUT2D eigenvalue weighted by molar-refractivity contribution is 0.534. The van der Waals surface area contributed by atoms with Crippen molar-refractivity contribution < 1.29 is 0 Å². The molecular weight excluding hydrogens is 164 g/mol. The maximum atomic E-state index is 5.39. The minimum absolute atomic E-state index is 0.00574. The number of nitrogens with zero attached hydrogens (tertiary/aromatic N) is 2. The normalized spacial score (nSPS) is 12.5. The Morgan fingerprint density at radius 2 is 2.46 bits per heavy atom. The van der Waals surface area contributed by atoms with Crippen molar-refractivity contribution in [2.45, 2.75) is 19.4 Å². The van der Waals surface area contributed by atoms with Crippen LogP contribution in [0.15, 0.2) is 30.7 Å². The van der Waals surface area contributed by atoms with Crippen LogP contribution in [-0.4, -0.2) is 9.97 Å². The topological polar surface area (TPSA) is 63.8 Å². The van der Waals surface area contributed by atoms with Crippen molar-refractivity contribution in [2.24, 2.45) is 5.84 Å². The van der Waals surface area contributed by atoms with Crippen molar-refractivity contribution in [1.29, 1.82) is 0 Å². The smallest absolute Gasteiger partial charge is 0.0772 e. The molecule has 0 saturated heterocycles. The zero-order chi connectivity index (χ0) is 9.68. The summed E-state index contributed by atoms with van der Waals surface area (Å²) in [6.45, 7) is 5.78. The summed E-state index contributed by atoms with van der Waals surface area (Å²) in [5.41, 5.74) is 4.59. The summed E-state index contributed by atoms with van der Waals surface area (Å²) in [4.78, 5) is 8.13. The van der Waals surface area contributed by atoms with Crippen LogP contribution in [0.4, 0.5) is 0 Å². The Kier molecular flexibility index (Phi) is 3.54. The average Bonchev–Trinajstić information content (AvgIpc) is 2.15. The molecule has 0 aromatic carbocycles. The second kappa shape index (κ2) is 4.69. The lowest BCUT2D eigenvalue weighted by atomic mass is 10.1. The molecule has 1 heterocycles. The van der Waals surface area contributed by atoms with E-state index in [1.165, 1.54) is 0 Å². The second-order valence-corrected chi connectivity index (χ2v) is 3.01. The summed E-state index contributed by atoms with van der Waals surface area (Å²) in [6, 6.07) is 0.00574. The van der Waals surface area contributed by atoms with Gasteiger partial charge in [0.25, 0.3) is 0 Å². The molecule has 0 aliphatic rings. The van der Waals surface area contributed by atoms with E-state index in [4.69, 9.17) is 5.84 Å². The highest BCUT2D eigenvalue weighted by Crippen LogP contribution is 2.15. The molecule has 1 unspecified atom stereocenters. The fourth-order valence-electron chi connectivity index (χ4n) is 1.09. The van der Waals surface area contributed by atoms with Crippen molar-refractivity contribution >= 4 is 0 Å². The quantitative estimate of drug-likeness (QED) is 0.409. The van der Waals surface area contributed by atoms with Crippen molar-refractivity contribution in [3.05, 3.63) is 36.4 Å². The molecule has 4 heteroatoms. The van der Waals surface area contributed by atoms with Crippen LogP contribution >= 0.6 is 0 Å². The maximum Gasteiger partial charge on any atom is 0.0772 e. The van der Waals surface area contributed by atoms with E-state index in [0.29, 0.717) is 0 Å². The number of hydrogen-bond acceptors (Lipinski definition) is 4. The Morgan fingerprint density at radius 1 is 1.69 bits per heavy atom. The molecule has 0 saturated carbocycles. The van der Waals surface area contributed by atoms with E-state index in [2.05, 4.69) is 22.0 Å². The molecule has 0 aliphatic carbocycles. The van der Waals surface area contributed by atoms with Crippen LogP contribution < -0.4 is 11.3 Å². The van der Waals surface area contributed by atoms with Crippen molar-refractivity contribution in [3.8, 4) is 0 Å². The Balaban J connectivity index is 2.73. The van der Waals surface area contributed by atoms with Crippen LogP contribution in [0.2, 0.25) is 0 Å². The molecule has 1 aromatic rings. The van der Waals surface area contributed by atoms with Crippen molar-refractivity contribution in [1.82, 2.24) is 15.4 Å². The van der Waals surface area contributed by atoms with Crippen LogP contribution in [0.5, 0.6) is 0 Å². The molecule has 0 aliphatic heterocycles. The standard InChI is InChI=1S/C9H14N4/c1-7(2)5-8(13-10)9-6-11-3-4-12-9/h3-4,6,8,13H,1,5,10H2,2H3. The molecule has 3 N–H and O–H groups in total. The third-order valence-corrected chi connectivity index (χ3v) is 1.69. The van der Waals surface area contributed by atoms with Crippen LogP contribution in [0, 0.1) is 0 Å². The third-order valence-electron chi connectivity index (χ3n) is 1.69. The van der Waals surface area contributed by atoms with E-state index in [1.54, 1.807) is 18.6 Å². The van der Waals surface area contributed by atoms with Crippen LogP contribution in [-0.2, 0) is 0 Å². The van der Waals surface area contributed by atoms with Crippen molar-refractivity contribution in [2.75, 3.05) is 0 Å². The molecule has 70 valence electrons. The Hall–Kier alpha value is -1.26. The van der Waals surface area contributed by atoms with Gasteiger partial charge >= 0.3 is 0 Å². The maximum absolute atomic E-state index is 5.39. The number of aromatic nitrogens is 2. The molecule has 0 radical (unpaired) electrons. The molecule has 0 fully saturated rings. The summed E-state index contributed by atoms with van der Waals surface area (Å²) in [5.74, 6) is 5.39. The first-order chi connectivity index (χ1) is 6.24. The summed E-state index contributed by atoms with van der Waals surface area (Å²) in [7, 11) is 0. The molecule has 0 spiro atoms. The highest BCUT2D eigenvalue weighted by atomic mass is 15.2. The van der Waals surface area contributed by atoms with Gasteiger partial charge in [0.15, 0.2) is 0 Å². The minimum atomic E-state index is 0.00574. The largest absolute Gasteiger partial charge is 0.271 e. The number of rotatable bonds is 4. The molecule has 1 rings (SSSR count). The van der Waals surface area contributed by atoms with Gasteiger partial charge in [0.05, 0.1) is 17.9 Å². The molecule has 1 aromatic heterocycles. The van der Waals surface area contributed by atoms with Crippen LogP contribution in [0.1, 0.15) is 25.1 Å². The van der Waals surface area contributed by atoms with Gasteiger partial charge in [-0.2, -0.15) is 0 Å². The highest BCUT2D eigenvalue weighted by Gasteiger charge is 2.10. The number of hydrogen-bond donors (Lipinski definition) is 2. The fourth-order valence-corrected chi connectivity index (χ4v) is 1.09. The van der Waals surface area contributed by atoms with Crippen LogP contribution in [0.3, 0.4) is 0 Å². The summed E-state index contributed by atoms with van der Waals surface area (Å²) < 4.78 is 0. The van der Waals surface area contributed by atoms with E-state index >= 15 is 0 Å². The predicted octanol–water partition coefficient (Wildman–Crippen LogP) is 0.947. The monoisotopic (exact) mass is 178 g/mol. The summed E-state index contributed by atoms with van der Waals surface area (Å²) in [5, 5.41) is 0. The van der Waals surface area contributed by atoms with E-state index in [1.807, 2.05) is 6.92 Å². The van der Waals surface area contributed by atoms with Gasteiger partial charge in [-0.15, -0.1) is 6.58 Å². The van der Waals surface area contributed by atoms with E-state index in [9.17, 15) is 0 Å². The van der Waals surface area contributed by atoms with Gasteiger partial charge in [0, 0.05) is 12.4 Å². The Bertz CT molecular complexity index is 270. The lowest BCUT2D eigenvalue weighted by Crippen LogP contribution is -2.28. The summed E-state index contributed by atoms with van der Waals surface area (Å²) >= 11 is 0. The van der Waals surface area contributed by atoms with Gasteiger partial charge in [0.2, 0.25) is 0 Å². The van der Waals surface area contributed by atoms with Gasteiger partial charge in [-0.05, 0) is 13.3 Å². The number of nitrogens with one attached hydrogen (secondary N) is 1. The van der Waals surface area contributed by atoms with Gasteiger partial charge in [-0.1, -0.05) is 5.57 Å². The van der Waals surface area contributed by atoms with Crippen LogP contribution in [0.25, 0.3) is 0 Å². The molecule has 1 atom stereocenters. The highest BCUT2D eigenvalue weighted by molar-refractivity contribution is 5.06. The van der Waals surface area contributed by atoms with Gasteiger partial charge in [-0.25, -0.2) is 0 Å². The third kappa shape index (κ3) is 2.93. The van der Waals surface area contributed by atoms with E-state index in [-0.39, 0.29) is 6.04 Å². The number of hydrazine groups is 1. The van der Waals surface area contributed by atoms with E-state index in [0.717, 1.165) is 17.7 Å². The molecular formula is C9H14N4. The first-order valence-electron chi connectivity index (χ1n) is 4.10. The molecule has 0 bridgehead atoms. The second-order valence-electron chi connectivity index (χ2n) is 3.01. The zero-order valence-corrected chi connectivity index (χ0v) is 7.70. The van der Waals surface area contributed by atoms with Crippen molar-refractivity contribution in [3.63, 3.8) is 0 Å². The molecule has 4 nitrogen and oxygen atoms in total. The van der Waals surface area contributed by atoms with Gasteiger partial charge in [-0.3, -0.25) is 21.2 Å². The van der Waals surface area contributed by atoms with Gasteiger partial charge in [0.1, 0.15) is 0 Å². The fraction of sp³-hybridized carbons (Fsp3) is 0.333. The Morgan fingerprint density at radius 3 is 2.92 bits per heavy atom. The first kappa shape index (κ1) is 9.83. The SMILES string of the molecule is C=C(C)CC(NN)c1cnccn1. The Labute approximate surface area is 77.9 Å². The lowest BCUT2D eigenvalue weighted by Gasteiger charge is -2.14. The summed E-state index contributed by atoms with van der Waals surface area (Å²) in [6.07, 6.45) is 5.76. The average molecular weight is 178 g/mol. The molecule has 0 amide bonds. The van der Waals surface area contributed by atoms with E-state index < -0.39 is 0 Å². The predicted molar refractivity (Wildman–Crippen MR) is 51.5 cm³/mol. The van der Waals surface area contributed by atoms with Gasteiger partial charge < -0.3 is 0 Å². The number of nitrogens with two attached hydrogens (primary N) is 1. The molecule has 13 heavy (non-hydrogen) atoms. The minimum Gasteiger partial charge on any atom is -0.271 e. The first-order valence-corrected chi connectivity index (χ1v) is 4.10.